The summed E-state index contributed by atoms with van der Waals surface area (Å²) < 4.78 is 15.4. The first-order valence-electron chi connectivity index (χ1n) is 7.32. The number of halogens is 2. The average molecular weight is 362 g/mol. The lowest BCUT2D eigenvalue weighted by Gasteiger charge is -2.12. The number of rotatable bonds is 3. The minimum Gasteiger partial charge on any atom is -0.323 e. The Balaban J connectivity index is 2.01. The van der Waals surface area contributed by atoms with Crippen molar-refractivity contribution in [2.75, 3.05) is 5.32 Å². The van der Waals surface area contributed by atoms with Crippen LogP contribution in [0.5, 0.6) is 0 Å². The Morgan fingerprint density at radius 1 is 1.20 bits per heavy atom. The molecule has 1 heterocycles. The molecule has 128 valence electrons. The van der Waals surface area contributed by atoms with Gasteiger partial charge in [0.25, 0.3) is 5.56 Å². The molecule has 1 aromatic heterocycles. The Morgan fingerprint density at radius 2 is 1.92 bits per heavy atom. The number of benzene rings is 2. The number of nitrogens with one attached hydrogen (secondary N) is 1. The molecule has 3 rings (SSSR count). The van der Waals surface area contributed by atoms with Crippen LogP contribution in [-0.4, -0.2) is 15.0 Å². The molecular formula is C17H13ClFN3O3. The Hall–Kier alpha value is -2.93. The maximum Gasteiger partial charge on any atom is 0.331 e. The molecule has 0 spiro atoms. The number of aromatic nitrogens is 2. The molecule has 0 unspecified atom stereocenters. The van der Waals surface area contributed by atoms with E-state index in [0.717, 1.165) is 10.6 Å². The van der Waals surface area contributed by atoms with E-state index in [1.54, 1.807) is 24.3 Å². The molecule has 0 aliphatic rings. The molecule has 0 aliphatic heterocycles. The van der Waals surface area contributed by atoms with E-state index >= 15 is 0 Å². The maximum atomic E-state index is 13.3. The van der Waals surface area contributed by atoms with Crippen LogP contribution in [0.3, 0.4) is 0 Å². The second-order valence-electron chi connectivity index (χ2n) is 5.42. The van der Waals surface area contributed by atoms with E-state index in [9.17, 15) is 18.8 Å². The van der Waals surface area contributed by atoms with Gasteiger partial charge in [0.15, 0.2) is 0 Å². The van der Waals surface area contributed by atoms with Gasteiger partial charge in [0.2, 0.25) is 5.91 Å². The van der Waals surface area contributed by atoms with E-state index in [2.05, 4.69) is 5.32 Å². The van der Waals surface area contributed by atoms with Crippen LogP contribution >= 0.6 is 11.6 Å². The molecular weight excluding hydrogens is 349 g/mol. The molecule has 6 nitrogen and oxygen atoms in total. The van der Waals surface area contributed by atoms with Gasteiger partial charge in [-0.05, 0) is 30.3 Å². The Bertz CT molecular complexity index is 1100. The van der Waals surface area contributed by atoms with Crippen LogP contribution in [0.1, 0.15) is 0 Å². The SMILES string of the molecule is Cn1c(=O)c2ccccc2n(CC(=O)Nc2cc(F)ccc2Cl)c1=O. The Kier molecular flexibility index (Phi) is 4.41. The zero-order valence-electron chi connectivity index (χ0n) is 13.1. The van der Waals surface area contributed by atoms with E-state index in [4.69, 9.17) is 11.6 Å². The quantitative estimate of drug-likeness (QED) is 0.776. The van der Waals surface area contributed by atoms with Crippen LogP contribution in [0, 0.1) is 5.82 Å². The minimum atomic E-state index is -0.621. The third-order valence-corrected chi connectivity index (χ3v) is 4.08. The molecule has 1 N–H and O–H groups in total. The molecule has 0 saturated carbocycles. The lowest BCUT2D eigenvalue weighted by atomic mass is 10.2. The zero-order valence-corrected chi connectivity index (χ0v) is 13.9. The Morgan fingerprint density at radius 3 is 2.68 bits per heavy atom. The van der Waals surface area contributed by atoms with Gasteiger partial charge >= 0.3 is 5.69 Å². The van der Waals surface area contributed by atoms with Crippen molar-refractivity contribution >= 4 is 34.1 Å². The average Bonchev–Trinajstić information content (AvgIpc) is 2.60. The highest BCUT2D eigenvalue weighted by Crippen LogP contribution is 2.22. The summed E-state index contributed by atoms with van der Waals surface area (Å²) in [5, 5.41) is 2.96. The Labute approximate surface area is 146 Å². The first-order valence-corrected chi connectivity index (χ1v) is 7.70. The predicted molar refractivity (Wildman–Crippen MR) is 93.5 cm³/mol. The van der Waals surface area contributed by atoms with Crippen molar-refractivity contribution in [1.29, 1.82) is 0 Å². The smallest absolute Gasteiger partial charge is 0.323 e. The van der Waals surface area contributed by atoms with E-state index < -0.39 is 23.0 Å². The van der Waals surface area contributed by atoms with Crippen molar-refractivity contribution in [1.82, 2.24) is 9.13 Å². The summed E-state index contributed by atoms with van der Waals surface area (Å²) in [5.74, 6) is -1.12. The van der Waals surface area contributed by atoms with Crippen molar-refractivity contribution in [2.45, 2.75) is 6.54 Å². The number of carbonyl (C=O) groups is 1. The van der Waals surface area contributed by atoms with Gasteiger partial charge in [0.1, 0.15) is 12.4 Å². The van der Waals surface area contributed by atoms with E-state index in [0.29, 0.717) is 10.9 Å². The molecule has 1 amide bonds. The number of para-hydroxylation sites is 1. The second kappa shape index (κ2) is 6.52. The van der Waals surface area contributed by atoms with Crippen LogP contribution in [0.15, 0.2) is 52.1 Å². The zero-order chi connectivity index (χ0) is 18.1. The number of hydrogen-bond donors (Lipinski definition) is 1. The number of carbonyl (C=O) groups excluding carboxylic acids is 1. The summed E-state index contributed by atoms with van der Waals surface area (Å²) in [4.78, 5) is 36.8. The minimum absolute atomic E-state index is 0.105. The summed E-state index contributed by atoms with van der Waals surface area (Å²) in [6.45, 7) is -0.347. The number of anilines is 1. The highest BCUT2D eigenvalue weighted by atomic mass is 35.5. The van der Waals surface area contributed by atoms with Crippen LogP contribution < -0.4 is 16.6 Å². The maximum absolute atomic E-state index is 13.3. The van der Waals surface area contributed by atoms with Gasteiger partial charge in [-0.25, -0.2) is 9.18 Å². The lowest BCUT2D eigenvalue weighted by molar-refractivity contribution is -0.116. The molecule has 0 fully saturated rings. The topological polar surface area (TPSA) is 73.1 Å². The van der Waals surface area contributed by atoms with Crippen LogP contribution in [0.4, 0.5) is 10.1 Å². The third-order valence-electron chi connectivity index (χ3n) is 3.75. The number of hydrogen-bond acceptors (Lipinski definition) is 3. The monoisotopic (exact) mass is 361 g/mol. The first kappa shape index (κ1) is 16.9. The standard InChI is InChI=1S/C17H13ClFN3O3/c1-21-16(24)11-4-2-3-5-14(11)22(17(21)25)9-15(23)20-13-8-10(19)6-7-12(13)18/h2-8H,9H2,1H3,(H,20,23). The van der Waals surface area contributed by atoms with Crippen LogP contribution in [0.2, 0.25) is 5.02 Å². The molecule has 0 saturated heterocycles. The van der Waals surface area contributed by atoms with Crippen molar-refractivity contribution in [3.63, 3.8) is 0 Å². The van der Waals surface area contributed by atoms with E-state index in [1.165, 1.54) is 23.7 Å². The van der Waals surface area contributed by atoms with Gasteiger partial charge < -0.3 is 5.32 Å². The fourth-order valence-corrected chi connectivity index (χ4v) is 2.69. The summed E-state index contributed by atoms with van der Waals surface area (Å²) in [6, 6.07) is 10.1. The van der Waals surface area contributed by atoms with Gasteiger partial charge in [-0.3, -0.25) is 18.7 Å². The fourth-order valence-electron chi connectivity index (χ4n) is 2.52. The molecule has 0 atom stereocenters. The van der Waals surface area contributed by atoms with Crippen molar-refractivity contribution in [3.8, 4) is 0 Å². The molecule has 25 heavy (non-hydrogen) atoms. The van der Waals surface area contributed by atoms with Gasteiger partial charge in [-0.1, -0.05) is 23.7 Å². The third kappa shape index (κ3) is 3.18. The van der Waals surface area contributed by atoms with Gasteiger partial charge in [-0.2, -0.15) is 0 Å². The molecule has 0 bridgehead atoms. The van der Waals surface area contributed by atoms with Gasteiger partial charge in [0, 0.05) is 7.05 Å². The van der Waals surface area contributed by atoms with Crippen molar-refractivity contribution < 1.29 is 9.18 Å². The molecule has 3 aromatic rings. The number of fused-ring (bicyclic) bond motifs is 1. The molecule has 0 radical (unpaired) electrons. The summed E-state index contributed by atoms with van der Waals surface area (Å²) in [5.41, 5.74) is -0.612. The number of amides is 1. The lowest BCUT2D eigenvalue weighted by Crippen LogP contribution is -2.40. The van der Waals surface area contributed by atoms with E-state index in [-0.39, 0.29) is 17.3 Å². The molecule has 0 aliphatic carbocycles. The van der Waals surface area contributed by atoms with Crippen molar-refractivity contribution in [3.05, 3.63) is 74.1 Å². The molecule has 2 aromatic carbocycles. The highest BCUT2D eigenvalue weighted by molar-refractivity contribution is 6.33. The van der Waals surface area contributed by atoms with Gasteiger partial charge in [-0.15, -0.1) is 0 Å². The van der Waals surface area contributed by atoms with Crippen LogP contribution in [-0.2, 0) is 18.4 Å². The fraction of sp³-hybridized carbons (Fsp3) is 0.118. The highest BCUT2D eigenvalue weighted by Gasteiger charge is 2.14. The molecule has 8 heteroatoms. The van der Waals surface area contributed by atoms with Crippen molar-refractivity contribution in [2.24, 2.45) is 7.05 Å². The van der Waals surface area contributed by atoms with Crippen LogP contribution in [0.25, 0.3) is 10.9 Å². The second-order valence-corrected chi connectivity index (χ2v) is 5.83. The summed E-state index contributed by atoms with van der Waals surface area (Å²) in [7, 11) is 1.34. The first-order chi connectivity index (χ1) is 11.9. The summed E-state index contributed by atoms with van der Waals surface area (Å²) >= 11 is 5.92. The summed E-state index contributed by atoms with van der Waals surface area (Å²) in [6.07, 6.45) is 0. The predicted octanol–water partition coefficient (Wildman–Crippen LogP) is 2.13. The number of nitrogens with zero attached hydrogens (tertiary/aromatic N) is 2. The normalized spacial score (nSPS) is 10.8. The van der Waals surface area contributed by atoms with E-state index in [1.807, 2.05) is 0 Å². The van der Waals surface area contributed by atoms with Gasteiger partial charge in [0.05, 0.1) is 21.6 Å². The largest absolute Gasteiger partial charge is 0.331 e.